The summed E-state index contributed by atoms with van der Waals surface area (Å²) >= 11 is 0. The number of anilines is 2. The Morgan fingerprint density at radius 2 is 2.00 bits per heavy atom. The molecule has 2 N–H and O–H groups in total. The van der Waals surface area contributed by atoms with Crippen molar-refractivity contribution in [3.8, 4) is 0 Å². The molecule has 2 rings (SSSR count). The summed E-state index contributed by atoms with van der Waals surface area (Å²) in [5.74, 6) is -1.74. The topological polar surface area (TPSA) is 92.5 Å². The zero-order valence-electron chi connectivity index (χ0n) is 10.0. The summed E-state index contributed by atoms with van der Waals surface area (Å²) in [6.07, 6.45) is 0. The molecular formula is C13H9FN2O4. The van der Waals surface area contributed by atoms with Gasteiger partial charge in [0.1, 0.15) is 5.82 Å². The molecule has 0 heterocycles. The van der Waals surface area contributed by atoms with Gasteiger partial charge in [0.05, 0.1) is 16.2 Å². The number of carboxylic acids is 1. The molecule has 0 aromatic heterocycles. The molecule has 20 heavy (non-hydrogen) atoms. The van der Waals surface area contributed by atoms with Crippen molar-refractivity contribution in [2.24, 2.45) is 0 Å². The highest BCUT2D eigenvalue weighted by atomic mass is 19.1. The number of benzene rings is 2. The number of carboxylic acid groups (broad SMARTS) is 1. The van der Waals surface area contributed by atoms with Gasteiger partial charge in [0.25, 0.3) is 5.69 Å². The first-order valence-corrected chi connectivity index (χ1v) is 5.51. The monoisotopic (exact) mass is 276 g/mol. The van der Waals surface area contributed by atoms with E-state index in [1.807, 2.05) is 0 Å². The van der Waals surface area contributed by atoms with E-state index in [9.17, 15) is 19.3 Å². The highest BCUT2D eigenvalue weighted by Gasteiger charge is 2.15. The zero-order chi connectivity index (χ0) is 14.7. The van der Waals surface area contributed by atoms with Gasteiger partial charge in [0.2, 0.25) is 0 Å². The van der Waals surface area contributed by atoms with Crippen LogP contribution in [0.4, 0.5) is 21.5 Å². The van der Waals surface area contributed by atoms with Crippen LogP contribution in [0.2, 0.25) is 0 Å². The fourth-order valence-electron chi connectivity index (χ4n) is 1.66. The molecule has 2 aromatic rings. The van der Waals surface area contributed by atoms with Gasteiger partial charge < -0.3 is 10.4 Å². The van der Waals surface area contributed by atoms with E-state index in [1.54, 1.807) is 0 Å². The second kappa shape index (κ2) is 5.35. The van der Waals surface area contributed by atoms with Gasteiger partial charge >= 0.3 is 5.97 Å². The summed E-state index contributed by atoms with van der Waals surface area (Å²) < 4.78 is 13.1. The Balaban J connectivity index is 2.44. The molecule has 2 aromatic carbocycles. The molecule has 0 spiro atoms. The molecule has 6 nitrogen and oxygen atoms in total. The molecule has 0 saturated heterocycles. The van der Waals surface area contributed by atoms with Crippen molar-refractivity contribution >= 4 is 23.0 Å². The van der Waals surface area contributed by atoms with Crippen molar-refractivity contribution < 1.29 is 19.2 Å². The van der Waals surface area contributed by atoms with Gasteiger partial charge in [-0.25, -0.2) is 9.18 Å². The number of hydrogen-bond donors (Lipinski definition) is 2. The van der Waals surface area contributed by atoms with Crippen LogP contribution in [0, 0.1) is 15.9 Å². The molecule has 102 valence electrons. The largest absolute Gasteiger partial charge is 0.478 e. The van der Waals surface area contributed by atoms with Crippen LogP contribution in [0.3, 0.4) is 0 Å². The van der Waals surface area contributed by atoms with Crippen LogP contribution in [0.5, 0.6) is 0 Å². The van der Waals surface area contributed by atoms with Crippen molar-refractivity contribution in [1.29, 1.82) is 0 Å². The number of non-ortho nitro benzene ring substituents is 1. The van der Waals surface area contributed by atoms with Crippen LogP contribution in [0.25, 0.3) is 0 Å². The number of rotatable bonds is 4. The first kappa shape index (κ1) is 13.5. The van der Waals surface area contributed by atoms with Gasteiger partial charge in [-0.05, 0) is 24.3 Å². The molecule has 7 heteroatoms. The summed E-state index contributed by atoms with van der Waals surface area (Å²) in [7, 11) is 0. The Labute approximate surface area is 112 Å². The molecule has 0 atom stereocenters. The van der Waals surface area contributed by atoms with E-state index >= 15 is 0 Å². The van der Waals surface area contributed by atoms with Gasteiger partial charge in [-0.15, -0.1) is 0 Å². The highest BCUT2D eigenvalue weighted by Crippen LogP contribution is 2.26. The van der Waals surface area contributed by atoms with Crippen molar-refractivity contribution in [3.05, 3.63) is 64.0 Å². The van der Waals surface area contributed by atoms with Crippen molar-refractivity contribution in [3.63, 3.8) is 0 Å². The number of nitrogens with zero attached hydrogens (tertiary/aromatic N) is 1. The fraction of sp³-hybridized carbons (Fsp3) is 0. The summed E-state index contributed by atoms with van der Waals surface area (Å²) in [5, 5.41) is 22.4. The molecule has 0 bridgehead atoms. The Hall–Kier alpha value is -2.96. The summed E-state index contributed by atoms with van der Waals surface area (Å²) in [5.41, 5.74) is -0.0703. The van der Waals surface area contributed by atoms with Gasteiger partial charge in [-0.1, -0.05) is 6.07 Å². The van der Waals surface area contributed by atoms with Crippen molar-refractivity contribution in [2.75, 3.05) is 5.32 Å². The molecule has 0 aliphatic rings. The van der Waals surface area contributed by atoms with E-state index in [4.69, 9.17) is 5.11 Å². The first-order valence-electron chi connectivity index (χ1n) is 5.51. The van der Waals surface area contributed by atoms with Crippen LogP contribution in [0.15, 0.2) is 42.5 Å². The van der Waals surface area contributed by atoms with Gasteiger partial charge in [0, 0.05) is 17.8 Å². The molecule has 0 aliphatic carbocycles. The van der Waals surface area contributed by atoms with Crippen LogP contribution in [-0.4, -0.2) is 16.0 Å². The maximum absolute atomic E-state index is 13.1. The summed E-state index contributed by atoms with van der Waals surface area (Å²) in [6.45, 7) is 0. The van der Waals surface area contributed by atoms with Crippen molar-refractivity contribution in [1.82, 2.24) is 0 Å². The van der Waals surface area contributed by atoms with E-state index in [0.717, 1.165) is 24.3 Å². The minimum Gasteiger partial charge on any atom is -0.478 e. The Bertz CT molecular complexity index is 688. The van der Waals surface area contributed by atoms with Crippen LogP contribution >= 0.6 is 0 Å². The Morgan fingerprint density at radius 3 is 2.60 bits per heavy atom. The predicted octanol–water partition coefficient (Wildman–Crippen LogP) is 3.18. The molecule has 0 amide bonds. The lowest BCUT2D eigenvalue weighted by Crippen LogP contribution is -2.03. The quantitative estimate of drug-likeness (QED) is 0.660. The van der Waals surface area contributed by atoms with Gasteiger partial charge in [0.15, 0.2) is 0 Å². The lowest BCUT2D eigenvalue weighted by atomic mass is 10.1. The number of carbonyl (C=O) groups is 1. The highest BCUT2D eigenvalue weighted by molar-refractivity contribution is 5.95. The average molecular weight is 276 g/mol. The maximum Gasteiger partial charge on any atom is 0.337 e. The van der Waals surface area contributed by atoms with E-state index in [1.165, 1.54) is 18.2 Å². The second-order valence-corrected chi connectivity index (χ2v) is 3.93. The summed E-state index contributed by atoms with van der Waals surface area (Å²) in [4.78, 5) is 21.2. The SMILES string of the molecule is O=C(O)c1ccc([N+](=O)[O-])cc1Nc1cccc(F)c1. The van der Waals surface area contributed by atoms with Gasteiger partial charge in [-0.2, -0.15) is 0 Å². The number of nitro benzene ring substituents is 1. The first-order chi connectivity index (χ1) is 9.47. The molecule has 0 unspecified atom stereocenters. The molecule has 0 fully saturated rings. The molecular weight excluding hydrogens is 267 g/mol. The third-order valence-electron chi connectivity index (χ3n) is 2.55. The average Bonchev–Trinajstić information content (AvgIpc) is 2.38. The summed E-state index contributed by atoms with van der Waals surface area (Å²) in [6, 6.07) is 8.67. The standard InChI is InChI=1S/C13H9FN2O4/c14-8-2-1-3-9(6-8)15-12-7-10(16(19)20)4-5-11(12)13(17)18/h1-7,15H,(H,17,18). The third kappa shape index (κ3) is 2.89. The number of aromatic carboxylic acids is 1. The molecule has 0 aliphatic heterocycles. The number of hydrogen-bond acceptors (Lipinski definition) is 4. The van der Waals surface area contributed by atoms with Crippen LogP contribution in [0.1, 0.15) is 10.4 Å². The molecule has 0 radical (unpaired) electrons. The predicted molar refractivity (Wildman–Crippen MR) is 69.7 cm³/mol. The minimum atomic E-state index is -1.24. The normalized spacial score (nSPS) is 10.1. The van der Waals surface area contributed by atoms with E-state index in [0.29, 0.717) is 5.69 Å². The fourth-order valence-corrected chi connectivity index (χ4v) is 1.66. The third-order valence-corrected chi connectivity index (χ3v) is 2.55. The lowest BCUT2D eigenvalue weighted by molar-refractivity contribution is -0.384. The van der Waals surface area contributed by atoms with E-state index in [-0.39, 0.29) is 16.9 Å². The van der Waals surface area contributed by atoms with Crippen LogP contribution < -0.4 is 5.32 Å². The Morgan fingerprint density at radius 1 is 1.25 bits per heavy atom. The van der Waals surface area contributed by atoms with Crippen molar-refractivity contribution in [2.45, 2.75) is 0 Å². The van der Waals surface area contributed by atoms with E-state index in [2.05, 4.69) is 5.32 Å². The number of halogens is 1. The maximum atomic E-state index is 13.1. The Kier molecular flexibility index (Phi) is 3.60. The number of nitrogens with one attached hydrogen (secondary N) is 1. The number of nitro groups is 1. The zero-order valence-corrected chi connectivity index (χ0v) is 10.0. The molecule has 0 saturated carbocycles. The van der Waals surface area contributed by atoms with Crippen LogP contribution in [-0.2, 0) is 0 Å². The van der Waals surface area contributed by atoms with E-state index < -0.39 is 16.7 Å². The minimum absolute atomic E-state index is 0.0253. The van der Waals surface area contributed by atoms with Gasteiger partial charge in [-0.3, -0.25) is 10.1 Å². The second-order valence-electron chi connectivity index (χ2n) is 3.93. The lowest BCUT2D eigenvalue weighted by Gasteiger charge is -2.09. The smallest absolute Gasteiger partial charge is 0.337 e.